The molecule has 0 aliphatic rings. The SMILES string of the molecule is Cc1ccc(C(=O)Nc2ccc3c(c2)cc(C(=O)NCCc2ccccn2)n3Cc2cccc(F)c2)cc1. The van der Waals surface area contributed by atoms with Gasteiger partial charge in [0.15, 0.2) is 0 Å². The minimum atomic E-state index is -0.332. The first kappa shape index (κ1) is 24.9. The Balaban J connectivity index is 1.42. The number of nitrogens with one attached hydrogen (secondary N) is 2. The van der Waals surface area contributed by atoms with Crippen molar-refractivity contribution in [3.63, 3.8) is 0 Å². The predicted octanol–water partition coefficient (Wildman–Crippen LogP) is 5.76. The molecule has 190 valence electrons. The molecule has 0 bridgehead atoms. The van der Waals surface area contributed by atoms with E-state index in [0.717, 1.165) is 27.7 Å². The van der Waals surface area contributed by atoms with E-state index < -0.39 is 0 Å². The fourth-order valence-corrected chi connectivity index (χ4v) is 4.37. The Morgan fingerprint density at radius 3 is 2.50 bits per heavy atom. The molecule has 0 aliphatic heterocycles. The quantitative estimate of drug-likeness (QED) is 0.281. The molecular formula is C31H27FN4O2. The summed E-state index contributed by atoms with van der Waals surface area (Å²) in [7, 11) is 0. The molecule has 2 amide bonds. The zero-order valence-electron chi connectivity index (χ0n) is 20.9. The summed E-state index contributed by atoms with van der Waals surface area (Å²) in [5.41, 5.74) is 5.14. The van der Waals surface area contributed by atoms with Crippen molar-refractivity contribution in [2.24, 2.45) is 0 Å². The number of hydrogen-bond donors (Lipinski definition) is 2. The third-order valence-electron chi connectivity index (χ3n) is 6.33. The Kier molecular flexibility index (Phi) is 7.26. The van der Waals surface area contributed by atoms with E-state index in [1.807, 2.05) is 60.0 Å². The molecule has 5 aromatic rings. The number of anilines is 1. The lowest BCUT2D eigenvalue weighted by atomic mass is 10.1. The Morgan fingerprint density at radius 2 is 1.74 bits per heavy atom. The van der Waals surface area contributed by atoms with Crippen LogP contribution in [0.25, 0.3) is 10.9 Å². The predicted molar refractivity (Wildman–Crippen MR) is 147 cm³/mol. The van der Waals surface area contributed by atoms with E-state index in [4.69, 9.17) is 0 Å². The van der Waals surface area contributed by atoms with Crippen molar-refractivity contribution in [2.75, 3.05) is 11.9 Å². The molecule has 6 nitrogen and oxygen atoms in total. The summed E-state index contributed by atoms with van der Waals surface area (Å²) >= 11 is 0. The number of fused-ring (bicyclic) bond motifs is 1. The number of amides is 2. The van der Waals surface area contributed by atoms with Crippen molar-refractivity contribution in [2.45, 2.75) is 19.9 Å². The van der Waals surface area contributed by atoms with Gasteiger partial charge >= 0.3 is 0 Å². The minimum Gasteiger partial charge on any atom is -0.350 e. The van der Waals surface area contributed by atoms with Gasteiger partial charge in [-0.15, -0.1) is 0 Å². The highest BCUT2D eigenvalue weighted by atomic mass is 19.1. The zero-order chi connectivity index (χ0) is 26.5. The van der Waals surface area contributed by atoms with Crippen LogP contribution in [0.1, 0.15) is 37.7 Å². The van der Waals surface area contributed by atoms with E-state index in [9.17, 15) is 14.0 Å². The van der Waals surface area contributed by atoms with E-state index in [1.54, 1.807) is 36.5 Å². The summed E-state index contributed by atoms with van der Waals surface area (Å²) in [4.78, 5) is 30.3. The smallest absolute Gasteiger partial charge is 0.267 e. The lowest BCUT2D eigenvalue weighted by Crippen LogP contribution is -2.28. The van der Waals surface area contributed by atoms with Gasteiger partial charge in [-0.2, -0.15) is 0 Å². The van der Waals surface area contributed by atoms with Crippen molar-refractivity contribution in [3.8, 4) is 0 Å². The molecule has 3 aromatic carbocycles. The van der Waals surface area contributed by atoms with Crippen molar-refractivity contribution in [1.29, 1.82) is 0 Å². The maximum atomic E-state index is 13.9. The lowest BCUT2D eigenvalue weighted by molar-refractivity contribution is 0.0945. The molecule has 5 rings (SSSR count). The Morgan fingerprint density at radius 1 is 0.895 bits per heavy atom. The number of aryl methyl sites for hydroxylation is 1. The first-order valence-corrected chi connectivity index (χ1v) is 12.4. The summed E-state index contributed by atoms with van der Waals surface area (Å²) in [5.74, 6) is -0.781. The van der Waals surface area contributed by atoms with Gasteiger partial charge < -0.3 is 15.2 Å². The lowest BCUT2D eigenvalue weighted by Gasteiger charge is -2.12. The van der Waals surface area contributed by atoms with E-state index >= 15 is 0 Å². The number of rotatable bonds is 8. The van der Waals surface area contributed by atoms with Crippen LogP contribution >= 0.6 is 0 Å². The molecule has 0 atom stereocenters. The molecule has 0 saturated carbocycles. The van der Waals surface area contributed by atoms with Gasteiger partial charge in [-0.1, -0.05) is 35.9 Å². The van der Waals surface area contributed by atoms with Gasteiger partial charge in [0.2, 0.25) is 0 Å². The van der Waals surface area contributed by atoms with Gasteiger partial charge in [0.1, 0.15) is 11.5 Å². The monoisotopic (exact) mass is 506 g/mol. The average molecular weight is 507 g/mol. The van der Waals surface area contributed by atoms with Gasteiger partial charge in [-0.3, -0.25) is 14.6 Å². The van der Waals surface area contributed by atoms with Gasteiger partial charge in [-0.05, 0) is 73.2 Å². The Bertz CT molecular complexity index is 1590. The minimum absolute atomic E-state index is 0.212. The molecule has 7 heteroatoms. The fourth-order valence-electron chi connectivity index (χ4n) is 4.37. The van der Waals surface area contributed by atoms with Crippen LogP contribution in [0.15, 0.2) is 97.2 Å². The Labute approximate surface area is 220 Å². The zero-order valence-corrected chi connectivity index (χ0v) is 20.9. The van der Waals surface area contributed by atoms with Gasteiger partial charge in [0.05, 0.1) is 0 Å². The van der Waals surface area contributed by atoms with Crippen LogP contribution in [0.4, 0.5) is 10.1 Å². The van der Waals surface area contributed by atoms with Gasteiger partial charge in [-0.25, -0.2) is 4.39 Å². The average Bonchev–Trinajstić information content (AvgIpc) is 3.27. The number of hydrogen-bond acceptors (Lipinski definition) is 3. The number of carbonyl (C=O) groups is 2. The molecule has 0 aliphatic carbocycles. The number of benzene rings is 3. The first-order chi connectivity index (χ1) is 18.5. The van der Waals surface area contributed by atoms with Crippen molar-refractivity contribution in [1.82, 2.24) is 14.9 Å². The molecule has 38 heavy (non-hydrogen) atoms. The molecule has 2 aromatic heterocycles. The second kappa shape index (κ2) is 11.1. The second-order valence-corrected chi connectivity index (χ2v) is 9.17. The molecule has 2 heterocycles. The number of carbonyl (C=O) groups excluding carboxylic acids is 2. The molecule has 0 saturated heterocycles. The normalized spacial score (nSPS) is 10.9. The molecular weight excluding hydrogens is 479 g/mol. The number of nitrogens with zero attached hydrogens (tertiary/aromatic N) is 2. The van der Waals surface area contributed by atoms with Crippen molar-refractivity contribution >= 4 is 28.4 Å². The number of halogens is 1. The molecule has 0 radical (unpaired) electrons. The standard InChI is InChI=1S/C31H27FN4O2/c1-21-8-10-23(11-9-21)30(37)35-27-12-13-28-24(18-27)19-29(36(28)20-22-5-4-6-25(32)17-22)31(38)34-16-14-26-7-2-3-15-33-26/h2-13,15,17-19H,14,16,20H2,1H3,(H,34,38)(H,35,37). The van der Waals surface area contributed by atoms with E-state index in [2.05, 4.69) is 15.6 Å². The van der Waals surface area contributed by atoms with E-state index in [1.165, 1.54) is 12.1 Å². The highest BCUT2D eigenvalue weighted by molar-refractivity contribution is 6.06. The van der Waals surface area contributed by atoms with Crippen LogP contribution in [-0.4, -0.2) is 27.9 Å². The molecule has 0 fully saturated rings. The molecule has 0 unspecified atom stereocenters. The molecule has 0 spiro atoms. The maximum Gasteiger partial charge on any atom is 0.267 e. The van der Waals surface area contributed by atoms with Gasteiger partial charge in [0.25, 0.3) is 11.8 Å². The van der Waals surface area contributed by atoms with Crippen molar-refractivity contribution < 1.29 is 14.0 Å². The van der Waals surface area contributed by atoms with Crippen molar-refractivity contribution in [3.05, 3.63) is 131 Å². The Hall–Kier alpha value is -4.78. The van der Waals surface area contributed by atoms with Crippen LogP contribution in [-0.2, 0) is 13.0 Å². The van der Waals surface area contributed by atoms with E-state index in [0.29, 0.717) is 36.5 Å². The van der Waals surface area contributed by atoms with Crippen LogP contribution in [0.3, 0.4) is 0 Å². The van der Waals surface area contributed by atoms with Crippen LogP contribution in [0.5, 0.6) is 0 Å². The number of aromatic nitrogens is 2. The summed E-state index contributed by atoms with van der Waals surface area (Å²) < 4.78 is 15.8. The largest absolute Gasteiger partial charge is 0.350 e. The topological polar surface area (TPSA) is 76.0 Å². The summed E-state index contributed by atoms with van der Waals surface area (Å²) in [6.45, 7) is 2.71. The van der Waals surface area contributed by atoms with Crippen LogP contribution < -0.4 is 10.6 Å². The fraction of sp³-hybridized carbons (Fsp3) is 0.129. The van der Waals surface area contributed by atoms with Gasteiger partial charge in [0, 0.05) is 53.6 Å². The molecule has 2 N–H and O–H groups in total. The van der Waals surface area contributed by atoms with Crippen LogP contribution in [0.2, 0.25) is 0 Å². The highest BCUT2D eigenvalue weighted by Crippen LogP contribution is 2.25. The van der Waals surface area contributed by atoms with Crippen LogP contribution in [0, 0.1) is 12.7 Å². The second-order valence-electron chi connectivity index (χ2n) is 9.17. The maximum absolute atomic E-state index is 13.9. The highest BCUT2D eigenvalue weighted by Gasteiger charge is 2.17. The third kappa shape index (κ3) is 5.78. The third-order valence-corrected chi connectivity index (χ3v) is 6.33. The summed E-state index contributed by atoms with van der Waals surface area (Å²) in [6, 6.07) is 26.7. The van der Waals surface area contributed by atoms with E-state index in [-0.39, 0.29) is 17.6 Å². The first-order valence-electron chi connectivity index (χ1n) is 12.4. The summed E-state index contributed by atoms with van der Waals surface area (Å²) in [5, 5.41) is 6.70. The summed E-state index contributed by atoms with van der Waals surface area (Å²) in [6.07, 6.45) is 2.33. The number of pyridine rings is 1.